The molecule has 2 rings (SSSR count). The Balaban J connectivity index is 2.37. The first-order valence-corrected chi connectivity index (χ1v) is 4.17. The Labute approximate surface area is 76.3 Å². The van der Waals surface area contributed by atoms with Crippen LogP contribution in [0.3, 0.4) is 0 Å². The summed E-state index contributed by atoms with van der Waals surface area (Å²) in [4.78, 5) is 8.48. The molecule has 5 nitrogen and oxygen atoms in total. The average Bonchev–Trinajstić information content (AvgIpc) is 2.53. The Hall–Kier alpha value is -1.20. The molecule has 5 heteroatoms. The van der Waals surface area contributed by atoms with Crippen LogP contribution in [0.5, 0.6) is 0 Å². The zero-order valence-corrected chi connectivity index (χ0v) is 7.50. The van der Waals surface area contributed by atoms with Gasteiger partial charge in [0.1, 0.15) is 11.6 Å². The van der Waals surface area contributed by atoms with Crippen molar-refractivity contribution < 1.29 is 4.74 Å². The van der Waals surface area contributed by atoms with Gasteiger partial charge in [0.05, 0.1) is 25.5 Å². The van der Waals surface area contributed by atoms with Crippen LogP contribution in [0.15, 0.2) is 0 Å². The minimum Gasteiger partial charge on any atom is -0.383 e. The zero-order chi connectivity index (χ0) is 9.26. The van der Waals surface area contributed by atoms with Crippen LogP contribution in [0.1, 0.15) is 17.1 Å². The third kappa shape index (κ3) is 1.48. The van der Waals surface area contributed by atoms with Crippen LogP contribution in [0.4, 0.5) is 5.82 Å². The summed E-state index contributed by atoms with van der Waals surface area (Å²) in [5, 5.41) is 2.98. The number of ether oxygens (including phenoxy) is 1. The third-order valence-corrected chi connectivity index (χ3v) is 1.99. The molecule has 3 N–H and O–H groups in total. The van der Waals surface area contributed by atoms with E-state index in [1.165, 1.54) is 0 Å². The van der Waals surface area contributed by atoms with Gasteiger partial charge < -0.3 is 15.8 Å². The number of rotatable bonds is 2. The van der Waals surface area contributed by atoms with E-state index in [-0.39, 0.29) is 0 Å². The lowest BCUT2D eigenvalue weighted by molar-refractivity contribution is 0.133. The lowest BCUT2D eigenvalue weighted by Gasteiger charge is -2.04. The first-order valence-electron chi connectivity index (χ1n) is 4.17. The maximum atomic E-state index is 5.74. The highest BCUT2D eigenvalue weighted by Crippen LogP contribution is 2.21. The molecule has 0 saturated carbocycles. The summed E-state index contributed by atoms with van der Waals surface area (Å²) < 4.78 is 5.23. The highest BCUT2D eigenvalue weighted by atomic mass is 16.5. The van der Waals surface area contributed by atoms with Crippen molar-refractivity contribution in [2.24, 2.45) is 0 Å². The molecular formula is C8H12N4O. The van der Waals surface area contributed by atoms with Crippen molar-refractivity contribution in [3.8, 4) is 0 Å². The predicted molar refractivity (Wildman–Crippen MR) is 47.7 cm³/mol. The van der Waals surface area contributed by atoms with E-state index in [1.807, 2.05) is 7.05 Å². The first-order chi connectivity index (χ1) is 6.31. The largest absolute Gasteiger partial charge is 0.383 e. The van der Waals surface area contributed by atoms with E-state index in [9.17, 15) is 0 Å². The molecule has 0 bridgehead atoms. The van der Waals surface area contributed by atoms with Crippen LogP contribution in [0.25, 0.3) is 0 Å². The minimum absolute atomic E-state index is 0.543. The number of nitrogens with two attached hydrogens (primary N) is 1. The molecule has 0 amide bonds. The monoisotopic (exact) mass is 180 g/mol. The van der Waals surface area contributed by atoms with Crippen LogP contribution in [0, 0.1) is 0 Å². The molecule has 0 spiro atoms. The molecule has 0 radical (unpaired) electrons. The number of fused-ring (bicyclic) bond motifs is 1. The maximum Gasteiger partial charge on any atom is 0.144 e. The fourth-order valence-electron chi connectivity index (χ4n) is 1.37. The van der Waals surface area contributed by atoms with E-state index in [1.54, 1.807) is 0 Å². The van der Waals surface area contributed by atoms with Crippen molar-refractivity contribution in [2.45, 2.75) is 19.8 Å². The Morgan fingerprint density at radius 1 is 1.46 bits per heavy atom. The molecule has 1 aliphatic rings. The molecule has 2 heterocycles. The van der Waals surface area contributed by atoms with E-state index in [0.717, 1.165) is 17.1 Å². The summed E-state index contributed by atoms with van der Waals surface area (Å²) in [5.74, 6) is 1.28. The van der Waals surface area contributed by atoms with E-state index in [2.05, 4.69) is 15.3 Å². The van der Waals surface area contributed by atoms with Crippen LogP contribution in [-0.4, -0.2) is 17.0 Å². The Morgan fingerprint density at radius 3 is 3.08 bits per heavy atom. The second-order valence-corrected chi connectivity index (χ2v) is 2.97. The molecule has 0 atom stereocenters. The number of hydrogen-bond acceptors (Lipinski definition) is 5. The number of nitrogens with one attached hydrogen (secondary N) is 1. The Kier molecular flexibility index (Phi) is 2.12. The summed E-state index contributed by atoms with van der Waals surface area (Å²) in [7, 11) is 1.85. The van der Waals surface area contributed by atoms with Gasteiger partial charge in [-0.05, 0) is 7.05 Å². The van der Waals surface area contributed by atoms with Crippen molar-refractivity contribution in [3.05, 3.63) is 17.1 Å². The third-order valence-electron chi connectivity index (χ3n) is 1.99. The molecule has 1 aliphatic heterocycles. The average molecular weight is 180 g/mol. The zero-order valence-electron chi connectivity index (χ0n) is 7.50. The van der Waals surface area contributed by atoms with Gasteiger partial charge in [-0.25, -0.2) is 9.97 Å². The summed E-state index contributed by atoms with van der Waals surface area (Å²) in [6.45, 7) is 1.73. The summed E-state index contributed by atoms with van der Waals surface area (Å²) in [5.41, 5.74) is 7.62. The lowest BCUT2D eigenvalue weighted by Crippen LogP contribution is -2.12. The number of hydrogen-bond donors (Lipinski definition) is 2. The van der Waals surface area contributed by atoms with Gasteiger partial charge in [0.15, 0.2) is 0 Å². The quantitative estimate of drug-likeness (QED) is 0.660. The second kappa shape index (κ2) is 3.27. The van der Waals surface area contributed by atoms with Gasteiger partial charge in [0.25, 0.3) is 0 Å². The highest BCUT2D eigenvalue weighted by Gasteiger charge is 2.17. The van der Waals surface area contributed by atoms with Gasteiger partial charge in [-0.15, -0.1) is 0 Å². The maximum absolute atomic E-state index is 5.74. The van der Waals surface area contributed by atoms with Gasteiger partial charge in [-0.3, -0.25) is 0 Å². The number of anilines is 1. The molecule has 70 valence electrons. The smallest absolute Gasteiger partial charge is 0.144 e. The van der Waals surface area contributed by atoms with Crippen molar-refractivity contribution in [1.82, 2.24) is 15.3 Å². The van der Waals surface area contributed by atoms with Gasteiger partial charge in [0, 0.05) is 5.56 Å². The van der Waals surface area contributed by atoms with Crippen LogP contribution in [0.2, 0.25) is 0 Å². The van der Waals surface area contributed by atoms with Gasteiger partial charge in [0.2, 0.25) is 0 Å². The van der Waals surface area contributed by atoms with Crippen molar-refractivity contribution in [1.29, 1.82) is 0 Å². The van der Waals surface area contributed by atoms with Crippen LogP contribution >= 0.6 is 0 Å². The second-order valence-electron chi connectivity index (χ2n) is 2.97. The molecule has 0 saturated heterocycles. The molecule has 1 aromatic rings. The summed E-state index contributed by atoms with van der Waals surface area (Å²) in [6.07, 6.45) is 0. The highest BCUT2D eigenvalue weighted by molar-refractivity contribution is 5.43. The number of nitrogens with zero attached hydrogens (tertiary/aromatic N) is 2. The molecule has 1 aromatic heterocycles. The van der Waals surface area contributed by atoms with Crippen LogP contribution in [-0.2, 0) is 24.5 Å². The summed E-state index contributed by atoms with van der Waals surface area (Å²) in [6, 6.07) is 0. The number of aromatic nitrogens is 2. The van der Waals surface area contributed by atoms with Crippen molar-refractivity contribution in [3.63, 3.8) is 0 Å². The SMILES string of the molecule is CNCc1nc(N)c2c(n1)COC2. The molecule has 0 aromatic carbocycles. The fourth-order valence-corrected chi connectivity index (χ4v) is 1.37. The van der Waals surface area contributed by atoms with Crippen molar-refractivity contribution in [2.75, 3.05) is 12.8 Å². The van der Waals surface area contributed by atoms with Gasteiger partial charge in [-0.2, -0.15) is 0 Å². The van der Waals surface area contributed by atoms with Gasteiger partial charge >= 0.3 is 0 Å². The normalized spacial score (nSPS) is 14.5. The molecule has 0 fully saturated rings. The Morgan fingerprint density at radius 2 is 2.31 bits per heavy atom. The summed E-state index contributed by atoms with van der Waals surface area (Å²) >= 11 is 0. The van der Waals surface area contributed by atoms with E-state index in [4.69, 9.17) is 10.5 Å². The topological polar surface area (TPSA) is 73.1 Å². The predicted octanol–water partition coefficient (Wildman–Crippen LogP) is -0.192. The first kappa shape index (κ1) is 8.40. The van der Waals surface area contributed by atoms with Gasteiger partial charge in [-0.1, -0.05) is 0 Å². The molecule has 0 aliphatic carbocycles. The van der Waals surface area contributed by atoms with Crippen molar-refractivity contribution >= 4 is 5.82 Å². The van der Waals surface area contributed by atoms with Crippen LogP contribution < -0.4 is 11.1 Å². The number of nitrogen functional groups attached to an aromatic ring is 1. The van der Waals surface area contributed by atoms with E-state index in [0.29, 0.717) is 25.6 Å². The molecule has 0 unspecified atom stereocenters. The van der Waals surface area contributed by atoms with E-state index < -0.39 is 0 Å². The molecule has 13 heavy (non-hydrogen) atoms. The molecular weight excluding hydrogens is 168 g/mol. The fraction of sp³-hybridized carbons (Fsp3) is 0.500. The minimum atomic E-state index is 0.543. The Bertz CT molecular complexity index is 326. The van der Waals surface area contributed by atoms with E-state index >= 15 is 0 Å². The standard InChI is InChI=1S/C8H12N4O/c1-10-2-7-11-6-4-13-3-5(6)8(9)12-7/h10H,2-4H2,1H3,(H2,9,11,12). The lowest BCUT2D eigenvalue weighted by atomic mass is 10.2.